The summed E-state index contributed by atoms with van der Waals surface area (Å²) >= 11 is 0. The van der Waals surface area contributed by atoms with E-state index in [1.807, 2.05) is 13.0 Å². The Morgan fingerprint density at radius 3 is 2.80 bits per heavy atom. The average Bonchev–Trinajstić information content (AvgIpc) is 3.39. The van der Waals surface area contributed by atoms with Crippen LogP contribution in [0.4, 0.5) is 8.78 Å². The van der Waals surface area contributed by atoms with Crippen molar-refractivity contribution in [3.8, 4) is 11.5 Å². The van der Waals surface area contributed by atoms with Crippen LogP contribution in [0.2, 0.25) is 0 Å². The second-order valence-corrected chi connectivity index (χ2v) is 7.72. The summed E-state index contributed by atoms with van der Waals surface area (Å²) in [5.74, 6) is 0.347. The van der Waals surface area contributed by atoms with E-state index in [4.69, 9.17) is 14.3 Å². The molecule has 164 valence electrons. The van der Waals surface area contributed by atoms with E-state index in [0.29, 0.717) is 45.6 Å². The van der Waals surface area contributed by atoms with E-state index in [1.54, 1.807) is 17.0 Å². The highest BCUT2D eigenvalue weighted by Gasteiger charge is 2.39. The Bertz CT molecular complexity index is 803. The van der Waals surface area contributed by atoms with Crippen molar-refractivity contribution in [1.29, 1.82) is 0 Å². The van der Waals surface area contributed by atoms with Gasteiger partial charge in [0.1, 0.15) is 11.7 Å². The molecule has 0 radical (unpaired) electrons. The van der Waals surface area contributed by atoms with Gasteiger partial charge in [-0.15, -0.1) is 0 Å². The summed E-state index contributed by atoms with van der Waals surface area (Å²) in [7, 11) is 0. The van der Waals surface area contributed by atoms with Crippen LogP contribution in [0.25, 0.3) is 5.70 Å². The van der Waals surface area contributed by atoms with E-state index >= 15 is 0 Å². The number of ether oxygens (including phenoxy) is 3. The number of hydrogen-bond acceptors (Lipinski definition) is 6. The van der Waals surface area contributed by atoms with Gasteiger partial charge in [0.15, 0.2) is 11.5 Å². The van der Waals surface area contributed by atoms with Crippen molar-refractivity contribution in [1.82, 2.24) is 10.4 Å². The molecule has 0 aliphatic carbocycles. The van der Waals surface area contributed by atoms with Gasteiger partial charge in [-0.05, 0) is 24.3 Å². The minimum atomic E-state index is -2.95. The molecule has 0 saturated carbocycles. The Balaban J connectivity index is 1.50. The van der Waals surface area contributed by atoms with Gasteiger partial charge < -0.3 is 19.1 Å². The van der Waals surface area contributed by atoms with Crippen LogP contribution in [0.15, 0.2) is 24.3 Å². The molecule has 9 heteroatoms. The van der Waals surface area contributed by atoms with Crippen LogP contribution in [0.5, 0.6) is 11.5 Å². The minimum absolute atomic E-state index is 0.0146. The molecule has 1 aromatic rings. The zero-order chi connectivity index (χ0) is 21.1. The van der Waals surface area contributed by atoms with Crippen LogP contribution in [-0.2, 0) is 14.4 Å². The first-order chi connectivity index (χ1) is 14.5. The molecule has 2 saturated heterocycles. The van der Waals surface area contributed by atoms with Crippen LogP contribution in [0.1, 0.15) is 38.2 Å². The summed E-state index contributed by atoms with van der Waals surface area (Å²) in [5.41, 5.74) is 3.90. The van der Waals surface area contributed by atoms with Crippen molar-refractivity contribution < 1.29 is 32.6 Å². The third-order valence-corrected chi connectivity index (χ3v) is 5.65. The van der Waals surface area contributed by atoms with Gasteiger partial charge in [0.25, 0.3) is 0 Å². The van der Waals surface area contributed by atoms with Crippen LogP contribution >= 0.6 is 0 Å². The number of carbonyl (C=O) groups is 1. The second kappa shape index (κ2) is 8.77. The largest absolute Gasteiger partial charge is 0.486 e. The van der Waals surface area contributed by atoms with Crippen molar-refractivity contribution >= 4 is 11.6 Å². The second-order valence-electron chi connectivity index (χ2n) is 7.72. The zero-order valence-electron chi connectivity index (χ0n) is 16.9. The van der Waals surface area contributed by atoms with Crippen LogP contribution in [0.3, 0.4) is 0 Å². The average molecular weight is 424 g/mol. The number of rotatable bonds is 6. The lowest BCUT2D eigenvalue weighted by Gasteiger charge is -2.32. The van der Waals surface area contributed by atoms with Gasteiger partial charge in [-0.2, -0.15) is 8.78 Å². The van der Waals surface area contributed by atoms with Crippen LogP contribution in [0, 0.1) is 0 Å². The number of alkyl halides is 2. The molecule has 0 aromatic heterocycles. The number of amides is 1. The Morgan fingerprint density at radius 2 is 2.13 bits per heavy atom. The first-order valence-corrected chi connectivity index (χ1v) is 10.3. The highest BCUT2D eigenvalue weighted by Crippen LogP contribution is 2.37. The van der Waals surface area contributed by atoms with Gasteiger partial charge in [-0.25, -0.2) is 0 Å². The number of hydrogen-bond donors (Lipinski definition) is 1. The van der Waals surface area contributed by atoms with E-state index < -0.39 is 12.2 Å². The molecule has 3 aliphatic heterocycles. The smallest absolute Gasteiger partial charge is 0.387 e. The molecule has 1 aromatic carbocycles. The third-order valence-electron chi connectivity index (χ3n) is 5.65. The molecular weight excluding hydrogens is 398 g/mol. The Kier molecular flexibility index (Phi) is 6.10. The lowest BCUT2D eigenvalue weighted by atomic mass is 10.0. The van der Waals surface area contributed by atoms with Gasteiger partial charge in [0.2, 0.25) is 5.91 Å². The fourth-order valence-corrected chi connectivity index (χ4v) is 3.96. The lowest BCUT2D eigenvalue weighted by Crippen LogP contribution is -2.41. The third kappa shape index (κ3) is 4.52. The molecule has 7 nitrogen and oxygen atoms in total. The molecule has 3 heterocycles. The number of piperidine rings is 1. The summed E-state index contributed by atoms with van der Waals surface area (Å²) in [6, 6.07) is 4.84. The molecule has 1 spiro atoms. The zero-order valence-corrected chi connectivity index (χ0v) is 16.9. The summed E-state index contributed by atoms with van der Waals surface area (Å²) in [6.07, 6.45) is 4.26. The van der Waals surface area contributed by atoms with Crippen molar-refractivity contribution in [2.24, 2.45) is 0 Å². The summed E-state index contributed by atoms with van der Waals surface area (Å²) in [4.78, 5) is 19.4. The van der Waals surface area contributed by atoms with E-state index in [9.17, 15) is 13.6 Å². The lowest BCUT2D eigenvalue weighted by molar-refractivity contribution is -0.132. The van der Waals surface area contributed by atoms with Gasteiger partial charge in [-0.1, -0.05) is 6.92 Å². The number of nitrogens with one attached hydrogen (secondary N) is 1. The fourth-order valence-electron chi connectivity index (χ4n) is 3.96. The molecule has 4 rings (SSSR count). The highest BCUT2D eigenvalue weighted by molar-refractivity contribution is 5.75. The number of benzene rings is 1. The number of nitrogens with zero attached hydrogens (tertiary/aromatic N) is 1. The molecule has 1 amide bonds. The van der Waals surface area contributed by atoms with E-state index in [0.717, 1.165) is 17.7 Å². The first kappa shape index (κ1) is 20.9. The van der Waals surface area contributed by atoms with E-state index in [-0.39, 0.29) is 23.5 Å². The molecule has 1 atom stereocenters. The molecular formula is C21H26F2N2O5. The molecule has 30 heavy (non-hydrogen) atoms. The predicted octanol–water partition coefficient (Wildman–Crippen LogP) is 3.10. The Morgan fingerprint density at radius 1 is 1.33 bits per heavy atom. The number of likely N-dealkylation sites (tertiary alicyclic amines) is 1. The predicted molar refractivity (Wildman–Crippen MR) is 104 cm³/mol. The Hall–Kier alpha value is -2.39. The summed E-state index contributed by atoms with van der Waals surface area (Å²) in [5, 5.41) is 0. The van der Waals surface area contributed by atoms with E-state index in [2.05, 4.69) is 10.2 Å². The van der Waals surface area contributed by atoms with Crippen LogP contribution in [-0.4, -0.2) is 55.4 Å². The number of halogens is 2. The highest BCUT2D eigenvalue weighted by atomic mass is 19.3. The van der Waals surface area contributed by atoms with Crippen molar-refractivity contribution in [2.45, 2.75) is 50.9 Å². The normalized spacial score (nSPS) is 24.3. The molecule has 3 aliphatic rings. The Labute approximate surface area is 173 Å². The number of hydroxylamine groups is 1. The standard InChI is InChI=1S/C21H26F2N2O5/c1-2-19(26)25-8-5-15(6-9-25)28-18-11-14(3-4-17(18)29-20(22)23)16-12-21(30-24-16)7-10-27-13-21/h3-4,11-12,15,20,24H,2,5-10,13H2,1H3. The fraction of sp³-hybridized carbons (Fsp3) is 0.571. The molecule has 2 fully saturated rings. The monoisotopic (exact) mass is 424 g/mol. The van der Waals surface area contributed by atoms with Gasteiger partial charge in [0.05, 0.1) is 12.3 Å². The summed E-state index contributed by atoms with van der Waals surface area (Å²) < 4.78 is 41.9. The maximum Gasteiger partial charge on any atom is 0.387 e. The van der Waals surface area contributed by atoms with Gasteiger partial charge in [0, 0.05) is 50.9 Å². The maximum atomic E-state index is 12.9. The SMILES string of the molecule is CCC(=O)N1CCC(Oc2cc(C3=CC4(CCOC4)ON3)ccc2OC(F)F)CC1. The van der Waals surface area contributed by atoms with Crippen molar-refractivity contribution in [3.05, 3.63) is 29.8 Å². The van der Waals surface area contributed by atoms with E-state index in [1.165, 1.54) is 6.07 Å². The molecule has 1 unspecified atom stereocenters. The van der Waals surface area contributed by atoms with Crippen molar-refractivity contribution in [3.63, 3.8) is 0 Å². The summed E-state index contributed by atoms with van der Waals surface area (Å²) in [6.45, 7) is 1.15. The van der Waals surface area contributed by atoms with Gasteiger partial charge >= 0.3 is 6.61 Å². The first-order valence-electron chi connectivity index (χ1n) is 10.3. The van der Waals surface area contributed by atoms with Gasteiger partial charge in [-0.3, -0.25) is 15.1 Å². The minimum Gasteiger partial charge on any atom is -0.486 e. The quantitative estimate of drug-likeness (QED) is 0.757. The molecule has 1 N–H and O–H groups in total. The van der Waals surface area contributed by atoms with Crippen LogP contribution < -0.4 is 15.0 Å². The maximum absolute atomic E-state index is 12.9. The van der Waals surface area contributed by atoms with Crippen molar-refractivity contribution in [2.75, 3.05) is 26.3 Å². The molecule has 0 bridgehead atoms. The number of carbonyl (C=O) groups excluding carboxylic acids is 1. The topological polar surface area (TPSA) is 69.3 Å².